The molecule has 0 saturated carbocycles. The van der Waals surface area contributed by atoms with Gasteiger partial charge in [0, 0.05) is 22.8 Å². The lowest BCUT2D eigenvalue weighted by Gasteiger charge is -2.03. The lowest BCUT2D eigenvalue weighted by Crippen LogP contribution is -2.20. The van der Waals surface area contributed by atoms with Crippen molar-refractivity contribution in [2.45, 2.75) is 0 Å². The highest BCUT2D eigenvalue weighted by Gasteiger charge is 2.15. The molecule has 0 radical (unpaired) electrons. The van der Waals surface area contributed by atoms with Gasteiger partial charge in [-0.3, -0.25) is 15.0 Å². The first-order chi connectivity index (χ1) is 8.50. The van der Waals surface area contributed by atoms with Crippen molar-refractivity contribution in [3.05, 3.63) is 50.1 Å². The Morgan fingerprint density at radius 3 is 2.72 bits per heavy atom. The third-order valence-electron chi connectivity index (χ3n) is 2.37. The van der Waals surface area contributed by atoms with E-state index in [-0.39, 0.29) is 17.0 Å². The molecule has 2 aromatic rings. The molecule has 2 aromatic heterocycles. The SMILES string of the molecule is N=C(c1csc(C(N)=O)c1)c1c(N)cc[nH]c1=O. The van der Waals surface area contributed by atoms with E-state index in [9.17, 15) is 9.59 Å². The molecule has 0 aliphatic rings. The average molecular weight is 262 g/mol. The number of aromatic nitrogens is 1. The number of carbonyl (C=O) groups is 1. The van der Waals surface area contributed by atoms with Crippen LogP contribution in [0.25, 0.3) is 0 Å². The molecular formula is C11H10N4O2S. The van der Waals surface area contributed by atoms with E-state index >= 15 is 0 Å². The van der Waals surface area contributed by atoms with Crippen molar-refractivity contribution in [1.29, 1.82) is 5.41 Å². The Morgan fingerprint density at radius 1 is 1.44 bits per heavy atom. The minimum Gasteiger partial charge on any atom is -0.398 e. The summed E-state index contributed by atoms with van der Waals surface area (Å²) in [6.45, 7) is 0. The Kier molecular flexibility index (Phi) is 2.99. The zero-order valence-electron chi connectivity index (χ0n) is 9.19. The molecular weight excluding hydrogens is 252 g/mol. The molecule has 0 spiro atoms. The van der Waals surface area contributed by atoms with Crippen molar-refractivity contribution in [3.8, 4) is 0 Å². The molecule has 2 rings (SSSR count). The number of rotatable bonds is 3. The molecule has 0 saturated heterocycles. The number of hydrogen-bond acceptors (Lipinski definition) is 5. The quantitative estimate of drug-likeness (QED) is 0.603. The predicted molar refractivity (Wildman–Crippen MR) is 70.2 cm³/mol. The topological polar surface area (TPSA) is 126 Å². The van der Waals surface area contributed by atoms with Gasteiger partial charge in [0.15, 0.2) is 0 Å². The van der Waals surface area contributed by atoms with Gasteiger partial charge in [-0.15, -0.1) is 11.3 Å². The number of nitrogens with two attached hydrogens (primary N) is 2. The van der Waals surface area contributed by atoms with E-state index in [1.807, 2.05) is 0 Å². The number of H-pyrrole nitrogens is 1. The number of pyridine rings is 1. The molecule has 7 heteroatoms. The van der Waals surface area contributed by atoms with Crippen molar-refractivity contribution in [2.24, 2.45) is 5.73 Å². The third kappa shape index (κ3) is 2.03. The smallest absolute Gasteiger partial charge is 0.259 e. The molecule has 0 aliphatic carbocycles. The van der Waals surface area contributed by atoms with E-state index in [0.717, 1.165) is 11.3 Å². The summed E-state index contributed by atoms with van der Waals surface area (Å²) in [7, 11) is 0. The van der Waals surface area contributed by atoms with E-state index in [2.05, 4.69) is 4.98 Å². The van der Waals surface area contributed by atoms with Crippen LogP contribution in [0.1, 0.15) is 20.8 Å². The second-order valence-corrected chi connectivity index (χ2v) is 4.49. The van der Waals surface area contributed by atoms with Crippen LogP contribution in [-0.4, -0.2) is 16.6 Å². The molecule has 6 N–H and O–H groups in total. The van der Waals surface area contributed by atoms with Crippen LogP contribution < -0.4 is 17.0 Å². The second-order valence-electron chi connectivity index (χ2n) is 3.58. The first kappa shape index (κ1) is 12.1. The van der Waals surface area contributed by atoms with Gasteiger partial charge in [-0.1, -0.05) is 0 Å². The number of hydrogen-bond donors (Lipinski definition) is 4. The number of carbonyl (C=O) groups excluding carboxylic acids is 1. The van der Waals surface area contributed by atoms with Gasteiger partial charge in [0.05, 0.1) is 16.2 Å². The summed E-state index contributed by atoms with van der Waals surface area (Å²) < 4.78 is 0. The van der Waals surface area contributed by atoms with Crippen LogP contribution in [-0.2, 0) is 0 Å². The molecule has 0 aliphatic heterocycles. The highest BCUT2D eigenvalue weighted by atomic mass is 32.1. The van der Waals surface area contributed by atoms with Crippen LogP contribution in [0.2, 0.25) is 0 Å². The van der Waals surface area contributed by atoms with Gasteiger partial charge in [0.25, 0.3) is 11.5 Å². The summed E-state index contributed by atoms with van der Waals surface area (Å²) in [4.78, 5) is 25.4. The number of amides is 1. The van der Waals surface area contributed by atoms with E-state index in [4.69, 9.17) is 16.9 Å². The first-order valence-corrected chi connectivity index (χ1v) is 5.83. The summed E-state index contributed by atoms with van der Waals surface area (Å²) in [6, 6.07) is 2.98. The van der Waals surface area contributed by atoms with Gasteiger partial charge < -0.3 is 16.5 Å². The fourth-order valence-electron chi connectivity index (χ4n) is 1.49. The molecule has 0 aromatic carbocycles. The van der Waals surface area contributed by atoms with Crippen LogP contribution in [0.4, 0.5) is 5.69 Å². The van der Waals surface area contributed by atoms with Gasteiger partial charge >= 0.3 is 0 Å². The number of nitrogens with one attached hydrogen (secondary N) is 2. The van der Waals surface area contributed by atoms with Crippen molar-refractivity contribution < 1.29 is 4.79 Å². The average Bonchev–Trinajstić information content (AvgIpc) is 2.77. The van der Waals surface area contributed by atoms with Crippen LogP contribution in [0.5, 0.6) is 0 Å². The second kappa shape index (κ2) is 4.46. The molecule has 2 heterocycles. The number of nitrogen functional groups attached to an aromatic ring is 1. The normalized spacial score (nSPS) is 10.2. The van der Waals surface area contributed by atoms with E-state index in [0.29, 0.717) is 10.4 Å². The zero-order chi connectivity index (χ0) is 13.3. The van der Waals surface area contributed by atoms with Gasteiger partial charge in [-0.2, -0.15) is 0 Å². The highest BCUT2D eigenvalue weighted by Crippen LogP contribution is 2.18. The number of thiophene rings is 1. The summed E-state index contributed by atoms with van der Waals surface area (Å²) in [5.41, 5.74) is 11.1. The Hall–Kier alpha value is -2.41. The molecule has 0 bridgehead atoms. The molecule has 92 valence electrons. The standard InChI is InChI=1S/C11H10N4O2S/c12-6-1-2-15-11(17)8(6)9(13)5-3-7(10(14)16)18-4-5/h1-4,13H,(H2,14,16)(H3,12,15,17). The molecule has 0 fully saturated rings. The summed E-state index contributed by atoms with van der Waals surface area (Å²) >= 11 is 1.12. The van der Waals surface area contributed by atoms with Gasteiger partial charge in [0.2, 0.25) is 0 Å². The van der Waals surface area contributed by atoms with E-state index < -0.39 is 11.5 Å². The van der Waals surface area contributed by atoms with Crippen molar-refractivity contribution >= 4 is 28.6 Å². The molecule has 0 atom stereocenters. The van der Waals surface area contributed by atoms with E-state index in [1.165, 1.54) is 18.3 Å². The van der Waals surface area contributed by atoms with Gasteiger partial charge in [0.1, 0.15) is 0 Å². The molecule has 6 nitrogen and oxygen atoms in total. The molecule has 1 amide bonds. The van der Waals surface area contributed by atoms with Crippen molar-refractivity contribution in [3.63, 3.8) is 0 Å². The fourth-order valence-corrected chi connectivity index (χ4v) is 2.24. The maximum Gasteiger partial charge on any atom is 0.259 e. The Bertz CT molecular complexity index is 686. The first-order valence-electron chi connectivity index (χ1n) is 4.95. The third-order valence-corrected chi connectivity index (χ3v) is 3.32. The fraction of sp³-hybridized carbons (Fsp3) is 0. The lowest BCUT2D eigenvalue weighted by molar-refractivity contribution is 0.100. The monoisotopic (exact) mass is 262 g/mol. The van der Waals surface area contributed by atoms with Crippen LogP contribution in [0.3, 0.4) is 0 Å². The largest absolute Gasteiger partial charge is 0.398 e. The maximum absolute atomic E-state index is 11.6. The lowest BCUT2D eigenvalue weighted by atomic mass is 10.1. The number of aromatic amines is 1. The Morgan fingerprint density at radius 2 is 2.17 bits per heavy atom. The number of primary amides is 1. The minimum absolute atomic E-state index is 0.0295. The molecule has 0 unspecified atom stereocenters. The maximum atomic E-state index is 11.6. The number of anilines is 1. The minimum atomic E-state index is -0.561. The predicted octanol–water partition coefficient (Wildman–Crippen LogP) is 0.534. The summed E-state index contributed by atoms with van der Waals surface area (Å²) in [5.74, 6) is -0.561. The Balaban J connectivity index is 2.48. The Labute approximate surface area is 106 Å². The van der Waals surface area contributed by atoms with Crippen LogP contribution >= 0.6 is 11.3 Å². The van der Waals surface area contributed by atoms with Gasteiger partial charge in [-0.05, 0) is 12.1 Å². The summed E-state index contributed by atoms with van der Waals surface area (Å²) in [5, 5.41) is 9.55. The van der Waals surface area contributed by atoms with E-state index in [1.54, 1.807) is 5.38 Å². The summed E-state index contributed by atoms with van der Waals surface area (Å²) in [6.07, 6.45) is 1.41. The van der Waals surface area contributed by atoms with Crippen molar-refractivity contribution in [2.75, 3.05) is 5.73 Å². The molecule has 18 heavy (non-hydrogen) atoms. The highest BCUT2D eigenvalue weighted by molar-refractivity contribution is 7.12. The zero-order valence-corrected chi connectivity index (χ0v) is 10.0. The van der Waals surface area contributed by atoms with Gasteiger partial charge in [-0.25, -0.2) is 0 Å². The van der Waals surface area contributed by atoms with Crippen LogP contribution in [0, 0.1) is 5.41 Å². The van der Waals surface area contributed by atoms with Crippen LogP contribution in [0.15, 0.2) is 28.5 Å². The van der Waals surface area contributed by atoms with Crippen molar-refractivity contribution in [1.82, 2.24) is 4.98 Å².